The number of carbonyl (C=O) groups is 1. The Kier molecular flexibility index (Phi) is 5.59. The van der Waals surface area contributed by atoms with E-state index in [0.29, 0.717) is 6.42 Å². The van der Waals surface area contributed by atoms with Crippen LogP contribution < -0.4 is 0 Å². The summed E-state index contributed by atoms with van der Waals surface area (Å²) in [6.07, 6.45) is 5.04. The number of hydrogen-bond donors (Lipinski definition) is 1. The molecule has 1 amide bonds. The lowest BCUT2D eigenvalue weighted by molar-refractivity contribution is -0.0715. The highest BCUT2D eigenvalue weighted by atomic mass is 16.6. The lowest BCUT2D eigenvalue weighted by Crippen LogP contribution is -2.50. The molecule has 0 aromatic rings. The van der Waals surface area contributed by atoms with E-state index in [-0.39, 0.29) is 18.8 Å². The molecule has 0 aromatic carbocycles. The van der Waals surface area contributed by atoms with Crippen LogP contribution in [-0.4, -0.2) is 46.2 Å². The molecule has 0 bridgehead atoms. The van der Waals surface area contributed by atoms with Crippen molar-refractivity contribution in [1.82, 2.24) is 4.90 Å². The molecule has 1 aliphatic heterocycles. The fourth-order valence-corrected chi connectivity index (χ4v) is 2.45. The largest absolute Gasteiger partial charge is 0.444 e. The smallest absolute Gasteiger partial charge is 0.412 e. The standard InChI is InChI=1S/C16H27NO4/c1-7-9-12-13(10-8-11-18)20-16(5,6)17(12)14(19)21-15(2,3)4/h7-8,10,12-13,18H,1,9,11H2,2-6H3. The average Bonchev–Trinajstić information content (AvgIpc) is 2.56. The quantitative estimate of drug-likeness (QED) is 0.811. The SMILES string of the molecule is C=CCC1C(C=CCO)OC(C)(C)N1C(=O)OC(C)(C)C. The predicted octanol–water partition coefficient (Wildman–Crippen LogP) is 2.85. The number of hydrogen-bond acceptors (Lipinski definition) is 4. The zero-order valence-electron chi connectivity index (χ0n) is 13.6. The Balaban J connectivity index is 3.03. The number of aliphatic hydroxyl groups is 1. The number of carbonyl (C=O) groups excluding carboxylic acids is 1. The third kappa shape index (κ3) is 4.58. The van der Waals surface area contributed by atoms with E-state index in [2.05, 4.69) is 6.58 Å². The van der Waals surface area contributed by atoms with Crippen LogP contribution >= 0.6 is 0 Å². The van der Waals surface area contributed by atoms with Crippen LogP contribution in [0, 0.1) is 0 Å². The molecule has 5 nitrogen and oxygen atoms in total. The summed E-state index contributed by atoms with van der Waals surface area (Å²) in [4.78, 5) is 14.1. The van der Waals surface area contributed by atoms with Crippen LogP contribution in [0.5, 0.6) is 0 Å². The van der Waals surface area contributed by atoms with Gasteiger partial charge in [-0.1, -0.05) is 18.2 Å². The van der Waals surface area contributed by atoms with E-state index in [1.165, 1.54) is 0 Å². The minimum atomic E-state index is -0.777. The third-order valence-electron chi connectivity index (χ3n) is 3.15. The minimum absolute atomic E-state index is 0.0620. The first-order valence-corrected chi connectivity index (χ1v) is 7.21. The number of ether oxygens (including phenoxy) is 2. The molecule has 2 unspecified atom stereocenters. The van der Waals surface area contributed by atoms with Gasteiger partial charge in [-0.3, -0.25) is 4.90 Å². The van der Waals surface area contributed by atoms with Crippen molar-refractivity contribution in [2.24, 2.45) is 0 Å². The summed E-state index contributed by atoms with van der Waals surface area (Å²) < 4.78 is 11.4. The summed E-state index contributed by atoms with van der Waals surface area (Å²) in [5.41, 5.74) is -1.34. The van der Waals surface area contributed by atoms with E-state index in [1.807, 2.05) is 34.6 Å². The average molecular weight is 297 g/mol. The fourth-order valence-electron chi connectivity index (χ4n) is 2.45. The maximum Gasteiger partial charge on any atom is 0.412 e. The Morgan fingerprint density at radius 3 is 2.57 bits per heavy atom. The first-order chi connectivity index (χ1) is 9.62. The summed E-state index contributed by atoms with van der Waals surface area (Å²) in [6, 6.07) is -0.199. The monoisotopic (exact) mass is 297 g/mol. The number of nitrogens with zero attached hydrogens (tertiary/aromatic N) is 1. The van der Waals surface area contributed by atoms with Gasteiger partial charge in [0.25, 0.3) is 0 Å². The topological polar surface area (TPSA) is 59.0 Å². The van der Waals surface area contributed by atoms with Crippen LogP contribution in [0.4, 0.5) is 4.79 Å². The molecule has 0 radical (unpaired) electrons. The van der Waals surface area contributed by atoms with Gasteiger partial charge in [0, 0.05) is 0 Å². The maximum atomic E-state index is 12.5. The van der Waals surface area contributed by atoms with Crippen LogP contribution in [0.1, 0.15) is 41.0 Å². The minimum Gasteiger partial charge on any atom is -0.444 e. The van der Waals surface area contributed by atoms with Gasteiger partial charge in [-0.05, 0) is 41.0 Å². The Hall–Kier alpha value is -1.33. The summed E-state index contributed by atoms with van der Waals surface area (Å²) >= 11 is 0. The highest BCUT2D eigenvalue weighted by Crippen LogP contribution is 2.35. The van der Waals surface area contributed by atoms with Crippen molar-refractivity contribution in [3.05, 3.63) is 24.8 Å². The van der Waals surface area contributed by atoms with Crippen molar-refractivity contribution in [2.75, 3.05) is 6.61 Å². The van der Waals surface area contributed by atoms with Crippen LogP contribution in [0.2, 0.25) is 0 Å². The summed E-state index contributed by atoms with van der Waals surface area (Å²) in [5, 5.41) is 8.93. The lowest BCUT2D eigenvalue weighted by Gasteiger charge is -2.34. The molecular formula is C16H27NO4. The first-order valence-electron chi connectivity index (χ1n) is 7.21. The molecule has 0 spiro atoms. The van der Waals surface area contributed by atoms with Gasteiger partial charge >= 0.3 is 6.09 Å². The predicted molar refractivity (Wildman–Crippen MR) is 81.9 cm³/mol. The molecule has 5 heteroatoms. The van der Waals surface area contributed by atoms with Crippen LogP contribution in [-0.2, 0) is 9.47 Å². The molecule has 1 fully saturated rings. The summed E-state index contributed by atoms with van der Waals surface area (Å²) in [6.45, 7) is 12.9. The zero-order chi connectivity index (χ0) is 16.3. The van der Waals surface area contributed by atoms with Gasteiger partial charge in [0.1, 0.15) is 11.3 Å². The summed E-state index contributed by atoms with van der Waals surface area (Å²) in [7, 11) is 0. The number of amides is 1. The van der Waals surface area contributed by atoms with Crippen LogP contribution in [0.25, 0.3) is 0 Å². The van der Waals surface area contributed by atoms with Gasteiger partial charge in [-0.2, -0.15) is 0 Å². The van der Waals surface area contributed by atoms with Gasteiger partial charge in [-0.15, -0.1) is 6.58 Å². The van der Waals surface area contributed by atoms with Gasteiger partial charge in [0.15, 0.2) is 0 Å². The highest BCUT2D eigenvalue weighted by Gasteiger charge is 2.49. The molecule has 0 aliphatic carbocycles. The maximum absolute atomic E-state index is 12.5. The molecule has 120 valence electrons. The zero-order valence-corrected chi connectivity index (χ0v) is 13.6. The van der Waals surface area contributed by atoms with E-state index in [1.54, 1.807) is 23.1 Å². The van der Waals surface area contributed by atoms with Crippen molar-refractivity contribution in [1.29, 1.82) is 0 Å². The fraction of sp³-hybridized carbons (Fsp3) is 0.688. The van der Waals surface area contributed by atoms with Gasteiger partial charge in [0.05, 0.1) is 18.8 Å². The molecule has 1 aliphatic rings. The van der Waals surface area contributed by atoms with E-state index >= 15 is 0 Å². The van der Waals surface area contributed by atoms with Crippen molar-refractivity contribution in [3.63, 3.8) is 0 Å². The molecule has 2 atom stereocenters. The molecule has 0 aromatic heterocycles. The Labute approximate surface area is 127 Å². The molecule has 1 N–H and O–H groups in total. The third-order valence-corrected chi connectivity index (χ3v) is 3.15. The molecule has 21 heavy (non-hydrogen) atoms. The summed E-state index contributed by atoms with van der Waals surface area (Å²) in [5.74, 6) is 0. The molecule has 1 saturated heterocycles. The number of rotatable bonds is 4. The first kappa shape index (κ1) is 17.7. The van der Waals surface area contributed by atoms with Gasteiger partial charge in [0.2, 0.25) is 0 Å². The van der Waals surface area contributed by atoms with Crippen LogP contribution in [0.15, 0.2) is 24.8 Å². The van der Waals surface area contributed by atoms with Gasteiger partial charge in [-0.25, -0.2) is 4.79 Å². The number of aliphatic hydroxyl groups excluding tert-OH is 1. The lowest BCUT2D eigenvalue weighted by atomic mass is 10.1. The second kappa shape index (κ2) is 6.62. The van der Waals surface area contributed by atoms with E-state index in [0.717, 1.165) is 0 Å². The molecule has 1 heterocycles. The van der Waals surface area contributed by atoms with Crippen molar-refractivity contribution in [2.45, 2.75) is 64.5 Å². The van der Waals surface area contributed by atoms with E-state index in [4.69, 9.17) is 14.6 Å². The highest BCUT2D eigenvalue weighted by molar-refractivity contribution is 5.70. The van der Waals surface area contributed by atoms with Crippen molar-refractivity contribution in [3.8, 4) is 0 Å². The van der Waals surface area contributed by atoms with E-state index < -0.39 is 17.4 Å². The second-order valence-electron chi connectivity index (χ2n) is 6.58. The van der Waals surface area contributed by atoms with Crippen molar-refractivity contribution < 1.29 is 19.4 Å². The molecular weight excluding hydrogens is 270 g/mol. The molecule has 0 saturated carbocycles. The normalized spacial score (nSPS) is 25.3. The van der Waals surface area contributed by atoms with E-state index in [9.17, 15) is 4.79 Å². The second-order valence-corrected chi connectivity index (χ2v) is 6.58. The Bertz CT molecular complexity index is 409. The van der Waals surface area contributed by atoms with Crippen molar-refractivity contribution >= 4 is 6.09 Å². The Morgan fingerprint density at radius 1 is 1.48 bits per heavy atom. The van der Waals surface area contributed by atoms with Crippen LogP contribution in [0.3, 0.4) is 0 Å². The molecule has 1 rings (SSSR count). The van der Waals surface area contributed by atoms with Gasteiger partial charge < -0.3 is 14.6 Å². The Morgan fingerprint density at radius 2 is 2.10 bits per heavy atom.